The van der Waals surface area contributed by atoms with Crippen LogP contribution >= 0.6 is 0 Å². The molecule has 0 fully saturated rings. The molecule has 1 rings (SSSR count). The normalized spacial score (nSPS) is 14.3. The minimum atomic E-state index is -0.982. The van der Waals surface area contributed by atoms with Gasteiger partial charge in [0.1, 0.15) is 0 Å². The van der Waals surface area contributed by atoms with Crippen molar-refractivity contribution in [1.82, 2.24) is 10.2 Å². The number of carbonyl (C=O) groups excluding carboxylic acids is 1. The summed E-state index contributed by atoms with van der Waals surface area (Å²) in [6, 6.07) is 0. The highest BCUT2D eigenvalue weighted by molar-refractivity contribution is 5.94. The van der Waals surface area contributed by atoms with Gasteiger partial charge in [0.15, 0.2) is 0 Å². The van der Waals surface area contributed by atoms with Crippen LogP contribution in [0.15, 0.2) is 12.4 Å². The number of H-pyrrole nitrogens is 1. The Morgan fingerprint density at radius 1 is 1.47 bits per heavy atom. The third-order valence-electron chi connectivity index (χ3n) is 2.32. The van der Waals surface area contributed by atoms with E-state index in [1.807, 2.05) is 0 Å². The van der Waals surface area contributed by atoms with Gasteiger partial charge in [-0.05, 0) is 0 Å². The van der Waals surface area contributed by atoms with Gasteiger partial charge in [0.05, 0.1) is 17.8 Å². The average Bonchev–Trinajstić information content (AvgIpc) is 2.67. The molecule has 0 saturated heterocycles. The van der Waals surface area contributed by atoms with Gasteiger partial charge in [-0.25, -0.2) is 0 Å². The minimum Gasteiger partial charge on any atom is -0.481 e. The largest absolute Gasteiger partial charge is 0.481 e. The number of aromatic nitrogens is 2. The van der Waals surface area contributed by atoms with E-state index < -0.39 is 17.8 Å². The van der Waals surface area contributed by atoms with Gasteiger partial charge < -0.3 is 10.4 Å². The topological polar surface area (TPSA) is 95.1 Å². The Labute approximate surface area is 86.7 Å². The van der Waals surface area contributed by atoms with Gasteiger partial charge in [-0.2, -0.15) is 5.10 Å². The fraction of sp³-hybridized carbons (Fsp3) is 0.444. The smallest absolute Gasteiger partial charge is 0.307 e. The van der Waals surface area contributed by atoms with Gasteiger partial charge in [-0.1, -0.05) is 13.8 Å². The fourth-order valence-electron chi connectivity index (χ4n) is 1.02. The third kappa shape index (κ3) is 2.80. The first-order valence-electron chi connectivity index (χ1n) is 4.55. The maximum atomic E-state index is 11.5. The number of aromatic amines is 1. The summed E-state index contributed by atoms with van der Waals surface area (Å²) in [5.41, 5.74) is 0.532. The lowest BCUT2D eigenvalue weighted by Crippen LogP contribution is -2.29. The zero-order valence-corrected chi connectivity index (χ0v) is 8.52. The quantitative estimate of drug-likeness (QED) is 0.683. The summed E-state index contributed by atoms with van der Waals surface area (Å²) < 4.78 is 0. The number of carboxylic acids is 1. The lowest BCUT2D eigenvalue weighted by molar-refractivity contribution is -0.145. The molecule has 0 aliphatic carbocycles. The molecule has 1 amide bonds. The predicted octanol–water partition coefficient (Wildman–Crippen LogP) is 0.705. The van der Waals surface area contributed by atoms with Crippen LogP contribution in [0.2, 0.25) is 0 Å². The molecular formula is C9H13N3O3. The highest BCUT2D eigenvalue weighted by Crippen LogP contribution is 2.13. The average molecular weight is 211 g/mol. The van der Waals surface area contributed by atoms with E-state index in [0.29, 0.717) is 5.69 Å². The van der Waals surface area contributed by atoms with Gasteiger partial charge in [-0.15, -0.1) is 0 Å². The minimum absolute atomic E-state index is 0.327. The van der Waals surface area contributed by atoms with Gasteiger partial charge >= 0.3 is 5.97 Å². The Morgan fingerprint density at radius 2 is 2.13 bits per heavy atom. The van der Waals surface area contributed by atoms with Crippen LogP contribution in [0.1, 0.15) is 13.8 Å². The number of aliphatic carboxylic acids is 1. The number of amides is 1. The van der Waals surface area contributed by atoms with Crippen molar-refractivity contribution in [1.29, 1.82) is 0 Å². The van der Waals surface area contributed by atoms with E-state index in [1.54, 1.807) is 6.92 Å². The van der Waals surface area contributed by atoms with Crippen molar-refractivity contribution in [2.75, 3.05) is 5.32 Å². The monoisotopic (exact) mass is 211 g/mol. The van der Waals surface area contributed by atoms with Crippen LogP contribution in [-0.4, -0.2) is 27.2 Å². The Bertz CT molecular complexity index is 347. The van der Waals surface area contributed by atoms with Crippen LogP contribution in [-0.2, 0) is 9.59 Å². The van der Waals surface area contributed by atoms with Crippen LogP contribution in [0.5, 0.6) is 0 Å². The first-order valence-corrected chi connectivity index (χ1v) is 4.55. The molecule has 1 heterocycles. The second-order valence-corrected chi connectivity index (χ2v) is 3.39. The van der Waals surface area contributed by atoms with Gasteiger partial charge in [0.2, 0.25) is 5.91 Å². The van der Waals surface area contributed by atoms with Crippen LogP contribution < -0.4 is 5.32 Å². The van der Waals surface area contributed by atoms with Gasteiger partial charge in [0, 0.05) is 12.1 Å². The van der Waals surface area contributed by atoms with E-state index in [4.69, 9.17) is 5.11 Å². The summed E-state index contributed by atoms with van der Waals surface area (Å²) in [7, 11) is 0. The van der Waals surface area contributed by atoms with Crippen LogP contribution in [0.25, 0.3) is 0 Å². The molecule has 0 saturated carbocycles. The molecule has 6 nitrogen and oxygen atoms in total. The van der Waals surface area contributed by atoms with Crippen molar-refractivity contribution in [3.8, 4) is 0 Å². The molecule has 0 aliphatic heterocycles. The number of hydrogen-bond donors (Lipinski definition) is 3. The number of rotatable bonds is 4. The number of carboxylic acid groups (broad SMARTS) is 1. The molecule has 2 unspecified atom stereocenters. The molecular weight excluding hydrogens is 198 g/mol. The van der Waals surface area contributed by atoms with E-state index in [0.717, 1.165) is 0 Å². The molecule has 2 atom stereocenters. The molecule has 6 heteroatoms. The van der Waals surface area contributed by atoms with Crippen LogP contribution in [0.3, 0.4) is 0 Å². The Kier molecular flexibility index (Phi) is 3.43. The summed E-state index contributed by atoms with van der Waals surface area (Å²) in [6.45, 7) is 3.08. The summed E-state index contributed by atoms with van der Waals surface area (Å²) >= 11 is 0. The van der Waals surface area contributed by atoms with Crippen molar-refractivity contribution >= 4 is 17.6 Å². The second kappa shape index (κ2) is 4.59. The SMILES string of the molecule is CC(C(=O)O)C(C)C(=O)Nc1cn[nH]c1. The molecule has 0 bridgehead atoms. The van der Waals surface area contributed by atoms with Crippen LogP contribution in [0.4, 0.5) is 5.69 Å². The molecule has 1 aromatic rings. The van der Waals surface area contributed by atoms with Gasteiger partial charge in [0.25, 0.3) is 0 Å². The molecule has 0 spiro atoms. The van der Waals surface area contributed by atoms with Gasteiger partial charge in [-0.3, -0.25) is 14.7 Å². The Morgan fingerprint density at radius 3 is 2.60 bits per heavy atom. The number of nitrogens with zero attached hydrogens (tertiary/aromatic N) is 1. The maximum absolute atomic E-state index is 11.5. The lowest BCUT2D eigenvalue weighted by Gasteiger charge is -2.14. The zero-order valence-electron chi connectivity index (χ0n) is 8.52. The standard InChI is InChI=1S/C9H13N3O3/c1-5(6(2)9(14)15)8(13)12-7-3-10-11-4-7/h3-6H,1-2H3,(H,10,11)(H,12,13)(H,14,15). The molecule has 1 aromatic heterocycles. The van der Waals surface area contributed by atoms with E-state index >= 15 is 0 Å². The Balaban J connectivity index is 2.57. The summed E-state index contributed by atoms with van der Waals surface area (Å²) in [6.07, 6.45) is 2.98. The molecule has 0 aromatic carbocycles. The number of nitrogens with one attached hydrogen (secondary N) is 2. The first kappa shape index (κ1) is 11.2. The summed E-state index contributed by atoms with van der Waals surface area (Å²) in [5, 5.41) is 17.5. The number of hydrogen-bond acceptors (Lipinski definition) is 3. The van der Waals surface area contributed by atoms with Crippen molar-refractivity contribution in [3.05, 3.63) is 12.4 Å². The molecule has 15 heavy (non-hydrogen) atoms. The van der Waals surface area contributed by atoms with E-state index in [2.05, 4.69) is 15.5 Å². The molecule has 3 N–H and O–H groups in total. The van der Waals surface area contributed by atoms with E-state index in [1.165, 1.54) is 19.3 Å². The molecule has 82 valence electrons. The predicted molar refractivity (Wildman–Crippen MR) is 53.2 cm³/mol. The van der Waals surface area contributed by atoms with Crippen molar-refractivity contribution in [3.63, 3.8) is 0 Å². The Hall–Kier alpha value is -1.85. The third-order valence-corrected chi connectivity index (χ3v) is 2.32. The van der Waals surface area contributed by atoms with E-state index in [9.17, 15) is 9.59 Å². The van der Waals surface area contributed by atoms with Crippen molar-refractivity contribution in [2.24, 2.45) is 11.8 Å². The number of carbonyl (C=O) groups is 2. The van der Waals surface area contributed by atoms with Crippen LogP contribution in [0, 0.1) is 11.8 Å². The highest BCUT2D eigenvalue weighted by atomic mass is 16.4. The van der Waals surface area contributed by atoms with Crippen molar-refractivity contribution < 1.29 is 14.7 Å². The first-order chi connectivity index (χ1) is 7.02. The molecule has 0 aliphatic rings. The summed E-state index contributed by atoms with van der Waals surface area (Å²) in [5.74, 6) is -2.61. The zero-order chi connectivity index (χ0) is 11.4. The second-order valence-electron chi connectivity index (χ2n) is 3.39. The lowest BCUT2D eigenvalue weighted by atomic mass is 9.95. The van der Waals surface area contributed by atoms with Crippen molar-refractivity contribution in [2.45, 2.75) is 13.8 Å². The van der Waals surface area contributed by atoms with E-state index in [-0.39, 0.29) is 5.91 Å². The highest BCUT2D eigenvalue weighted by Gasteiger charge is 2.25. The summed E-state index contributed by atoms with van der Waals surface area (Å²) in [4.78, 5) is 22.2. The fourth-order valence-corrected chi connectivity index (χ4v) is 1.02. The number of anilines is 1. The molecule has 0 radical (unpaired) electrons. The maximum Gasteiger partial charge on any atom is 0.307 e.